The van der Waals surface area contributed by atoms with Crippen molar-refractivity contribution in [2.75, 3.05) is 13.7 Å². The second-order valence-electron chi connectivity index (χ2n) is 7.46. The molecule has 28 heavy (non-hydrogen) atoms. The number of fused-ring (bicyclic) bond motifs is 1. The molecule has 0 aliphatic carbocycles. The minimum Gasteiger partial charge on any atom is -0.470 e. The van der Waals surface area contributed by atoms with Crippen molar-refractivity contribution in [2.45, 2.75) is 44.9 Å². The van der Waals surface area contributed by atoms with E-state index in [1.165, 1.54) is 12.0 Å². The van der Waals surface area contributed by atoms with Gasteiger partial charge in [-0.2, -0.15) is 0 Å². The molecule has 2 aromatic rings. The lowest BCUT2D eigenvalue weighted by Crippen LogP contribution is -2.44. The molecule has 1 aromatic carbocycles. The van der Waals surface area contributed by atoms with Gasteiger partial charge in [0.25, 0.3) is 5.88 Å². The Morgan fingerprint density at radius 1 is 1.18 bits per heavy atom. The Kier molecular flexibility index (Phi) is 5.60. The number of rotatable bonds is 3. The topological polar surface area (TPSA) is 90.9 Å². The number of benzene rings is 1. The molecule has 9 heteroatoms. The van der Waals surface area contributed by atoms with E-state index in [1.807, 2.05) is 12.1 Å². The fourth-order valence-electron chi connectivity index (χ4n) is 2.96. The highest BCUT2D eigenvalue weighted by molar-refractivity contribution is 6.31. The van der Waals surface area contributed by atoms with Crippen LogP contribution in [0.1, 0.15) is 27.2 Å². The number of amides is 1. The van der Waals surface area contributed by atoms with Gasteiger partial charge < -0.3 is 14.2 Å². The van der Waals surface area contributed by atoms with Crippen LogP contribution in [0.15, 0.2) is 24.3 Å². The van der Waals surface area contributed by atoms with Crippen LogP contribution >= 0.6 is 11.6 Å². The molecule has 0 saturated carbocycles. The molecule has 0 spiro atoms. The highest BCUT2D eigenvalue weighted by atomic mass is 35.5. The molecular formula is C19H22ClN3O5. The molecule has 3 rings (SSSR count). The van der Waals surface area contributed by atoms with Crippen molar-refractivity contribution in [3.8, 4) is 5.88 Å². The molecule has 0 N–H and O–H groups in total. The summed E-state index contributed by atoms with van der Waals surface area (Å²) in [7, 11) is 1.27. The van der Waals surface area contributed by atoms with Gasteiger partial charge in [-0.15, -0.1) is 0 Å². The van der Waals surface area contributed by atoms with Gasteiger partial charge in [0.05, 0.1) is 24.7 Å². The minimum atomic E-state index is -0.808. The maximum Gasteiger partial charge on any atom is 0.411 e. The molecule has 1 aliphatic rings. The van der Waals surface area contributed by atoms with Gasteiger partial charge in [-0.25, -0.2) is 19.6 Å². The summed E-state index contributed by atoms with van der Waals surface area (Å²) in [6, 6.07) is 6.46. The van der Waals surface area contributed by atoms with E-state index < -0.39 is 29.8 Å². The van der Waals surface area contributed by atoms with Crippen LogP contribution in [0.25, 0.3) is 11.0 Å². The number of likely N-dealkylation sites (tertiary alicyclic amines) is 1. The Balaban J connectivity index is 1.80. The monoisotopic (exact) mass is 407 g/mol. The average molecular weight is 408 g/mol. The molecule has 0 radical (unpaired) electrons. The Labute approximate surface area is 167 Å². The number of nitrogens with zero attached hydrogens (tertiary/aromatic N) is 3. The Hall–Kier alpha value is -2.61. The number of aromatic nitrogens is 2. The van der Waals surface area contributed by atoms with Gasteiger partial charge in [-0.1, -0.05) is 23.7 Å². The molecule has 1 saturated heterocycles. The van der Waals surface area contributed by atoms with E-state index in [0.29, 0.717) is 11.0 Å². The average Bonchev–Trinajstić information content (AvgIpc) is 3.04. The Bertz CT molecular complexity index is 899. The zero-order valence-electron chi connectivity index (χ0n) is 16.1. The van der Waals surface area contributed by atoms with Crippen LogP contribution in [0, 0.1) is 0 Å². The summed E-state index contributed by atoms with van der Waals surface area (Å²) in [5.74, 6) is -0.382. The summed E-state index contributed by atoms with van der Waals surface area (Å²) in [5, 5.41) is 0.115. The molecule has 2 atom stereocenters. The van der Waals surface area contributed by atoms with Crippen LogP contribution < -0.4 is 4.74 Å². The molecule has 1 amide bonds. The van der Waals surface area contributed by atoms with E-state index in [4.69, 9.17) is 25.8 Å². The molecule has 0 unspecified atom stereocenters. The van der Waals surface area contributed by atoms with Crippen LogP contribution in [0.3, 0.4) is 0 Å². The van der Waals surface area contributed by atoms with E-state index in [1.54, 1.807) is 32.9 Å². The van der Waals surface area contributed by atoms with Gasteiger partial charge in [0.1, 0.15) is 17.7 Å². The van der Waals surface area contributed by atoms with Gasteiger partial charge in [0.2, 0.25) is 0 Å². The lowest BCUT2D eigenvalue weighted by atomic mass is 10.2. The van der Waals surface area contributed by atoms with Crippen LogP contribution in [0.5, 0.6) is 5.88 Å². The first kappa shape index (κ1) is 20.1. The molecule has 1 aromatic heterocycles. The van der Waals surface area contributed by atoms with E-state index in [2.05, 4.69) is 9.97 Å². The number of hydrogen-bond acceptors (Lipinski definition) is 7. The molecular weight excluding hydrogens is 386 g/mol. The second kappa shape index (κ2) is 7.79. The van der Waals surface area contributed by atoms with Crippen molar-refractivity contribution in [3.05, 3.63) is 29.4 Å². The standard InChI is InChI=1S/C19H22ClN3O5/c1-19(2,3)28-18(25)23-10-11(9-14(23)17(24)26-4)27-16-15(20)21-12-7-5-6-8-13(12)22-16/h5-8,11,14H,9-10H2,1-4H3/t11-,14+/m1/s1. The number of hydrogen-bond donors (Lipinski definition) is 0. The third-order valence-electron chi connectivity index (χ3n) is 4.14. The SMILES string of the molecule is COC(=O)[C@@H]1C[C@@H](Oc2nc3ccccc3nc2Cl)CN1C(=O)OC(C)(C)C. The number of carbonyl (C=O) groups excluding carboxylic acids is 2. The summed E-state index contributed by atoms with van der Waals surface area (Å²) in [6.07, 6.45) is -0.884. The van der Waals surface area contributed by atoms with Gasteiger partial charge in [-0.05, 0) is 32.9 Å². The highest BCUT2D eigenvalue weighted by Gasteiger charge is 2.43. The van der Waals surface area contributed by atoms with Crippen molar-refractivity contribution in [3.63, 3.8) is 0 Å². The van der Waals surface area contributed by atoms with Crippen LogP contribution in [0.2, 0.25) is 5.15 Å². The van der Waals surface area contributed by atoms with Crippen molar-refractivity contribution in [2.24, 2.45) is 0 Å². The third kappa shape index (κ3) is 4.44. The summed E-state index contributed by atoms with van der Waals surface area (Å²) in [6.45, 7) is 5.41. The normalized spacial score (nSPS) is 19.5. The lowest BCUT2D eigenvalue weighted by Gasteiger charge is -2.27. The van der Waals surface area contributed by atoms with Gasteiger partial charge in [0.15, 0.2) is 5.15 Å². The Morgan fingerprint density at radius 3 is 2.43 bits per heavy atom. The number of esters is 1. The molecule has 1 aliphatic heterocycles. The summed E-state index contributed by atoms with van der Waals surface area (Å²) >= 11 is 6.20. The summed E-state index contributed by atoms with van der Waals surface area (Å²) in [5.41, 5.74) is 0.589. The minimum absolute atomic E-state index is 0.115. The fourth-order valence-corrected chi connectivity index (χ4v) is 3.14. The molecule has 150 valence electrons. The maximum absolute atomic E-state index is 12.5. The first-order valence-corrected chi connectivity index (χ1v) is 9.22. The molecule has 0 bridgehead atoms. The first-order valence-electron chi connectivity index (χ1n) is 8.84. The Morgan fingerprint density at radius 2 is 1.82 bits per heavy atom. The number of para-hydroxylation sites is 2. The first-order chi connectivity index (χ1) is 13.2. The molecule has 1 fully saturated rings. The molecule has 2 heterocycles. The lowest BCUT2D eigenvalue weighted by molar-refractivity contribution is -0.145. The van der Waals surface area contributed by atoms with Crippen molar-refractivity contribution >= 4 is 34.7 Å². The zero-order chi connectivity index (χ0) is 20.5. The van der Waals surface area contributed by atoms with E-state index >= 15 is 0 Å². The number of methoxy groups -OCH3 is 1. The van der Waals surface area contributed by atoms with Crippen LogP contribution in [-0.2, 0) is 14.3 Å². The van der Waals surface area contributed by atoms with E-state index in [9.17, 15) is 9.59 Å². The largest absolute Gasteiger partial charge is 0.470 e. The van der Waals surface area contributed by atoms with Gasteiger partial charge in [0, 0.05) is 6.42 Å². The van der Waals surface area contributed by atoms with Crippen molar-refractivity contribution < 1.29 is 23.8 Å². The number of carbonyl (C=O) groups is 2. The van der Waals surface area contributed by atoms with E-state index in [0.717, 1.165) is 0 Å². The summed E-state index contributed by atoms with van der Waals surface area (Å²) < 4.78 is 16.1. The van der Waals surface area contributed by atoms with Crippen LogP contribution in [0.4, 0.5) is 4.79 Å². The van der Waals surface area contributed by atoms with Crippen molar-refractivity contribution in [1.82, 2.24) is 14.9 Å². The maximum atomic E-state index is 12.5. The quantitative estimate of drug-likeness (QED) is 0.721. The summed E-state index contributed by atoms with van der Waals surface area (Å²) in [4.78, 5) is 34.6. The smallest absolute Gasteiger partial charge is 0.411 e. The number of halogens is 1. The zero-order valence-corrected chi connectivity index (χ0v) is 16.9. The van der Waals surface area contributed by atoms with Crippen LogP contribution in [-0.4, -0.2) is 58.3 Å². The molecule has 8 nitrogen and oxygen atoms in total. The number of ether oxygens (including phenoxy) is 3. The predicted molar refractivity (Wildman–Crippen MR) is 102 cm³/mol. The van der Waals surface area contributed by atoms with Gasteiger partial charge in [-0.3, -0.25) is 4.90 Å². The van der Waals surface area contributed by atoms with Crippen molar-refractivity contribution in [1.29, 1.82) is 0 Å². The predicted octanol–water partition coefficient (Wildman–Crippen LogP) is 3.21. The third-order valence-corrected chi connectivity index (χ3v) is 4.39. The fraction of sp³-hybridized carbons (Fsp3) is 0.474. The van der Waals surface area contributed by atoms with E-state index in [-0.39, 0.29) is 24.0 Å². The highest BCUT2D eigenvalue weighted by Crippen LogP contribution is 2.29. The van der Waals surface area contributed by atoms with Gasteiger partial charge >= 0.3 is 12.1 Å². The second-order valence-corrected chi connectivity index (χ2v) is 7.81.